The maximum absolute atomic E-state index is 12.7. The molecular weight excluding hydrogens is 304 g/mol. The van der Waals surface area contributed by atoms with Crippen molar-refractivity contribution in [2.75, 3.05) is 20.0 Å². The van der Waals surface area contributed by atoms with Gasteiger partial charge in [-0.3, -0.25) is 4.79 Å². The molecule has 5 nitrogen and oxygen atoms in total. The van der Waals surface area contributed by atoms with Crippen molar-refractivity contribution >= 4 is 11.5 Å². The van der Waals surface area contributed by atoms with Gasteiger partial charge in [-0.1, -0.05) is 19.1 Å². The second-order valence-electron chi connectivity index (χ2n) is 5.51. The number of hydrogen-bond acceptors (Lipinski definition) is 5. The molecule has 1 unspecified atom stereocenters. The Balaban J connectivity index is 2.04. The number of methoxy groups -OCH3 is 2. The number of carbonyl (C=O) groups excluding carboxylic acids is 1. The molecule has 2 rings (SSSR count). The van der Waals surface area contributed by atoms with E-state index >= 15 is 0 Å². The SMILES string of the molecule is CCC(NCc1ccc(OC)cc1)C(=O)c1ccc(OC)c(N)c1. The summed E-state index contributed by atoms with van der Waals surface area (Å²) in [5, 5.41) is 3.31. The standard InChI is InChI=1S/C19H24N2O3/c1-4-17(21-12-13-5-8-15(23-2)9-6-13)19(22)14-7-10-18(24-3)16(20)11-14/h5-11,17,21H,4,12,20H2,1-3H3. The Kier molecular flexibility index (Phi) is 6.21. The Hall–Kier alpha value is -2.53. The van der Waals surface area contributed by atoms with Gasteiger partial charge in [-0.25, -0.2) is 0 Å². The Bertz CT molecular complexity index is 684. The molecule has 0 aliphatic carbocycles. The summed E-state index contributed by atoms with van der Waals surface area (Å²) in [6.07, 6.45) is 0.695. The minimum absolute atomic E-state index is 0.0281. The van der Waals surface area contributed by atoms with Crippen LogP contribution in [0.3, 0.4) is 0 Å². The molecule has 24 heavy (non-hydrogen) atoms. The smallest absolute Gasteiger partial charge is 0.179 e. The molecule has 0 saturated heterocycles. The molecular formula is C19H24N2O3. The molecule has 0 saturated carbocycles. The number of nitrogen functional groups attached to an aromatic ring is 1. The van der Waals surface area contributed by atoms with Crippen LogP contribution in [0.25, 0.3) is 0 Å². The highest BCUT2D eigenvalue weighted by molar-refractivity contribution is 6.01. The predicted octanol–water partition coefficient (Wildman–Crippen LogP) is 3.04. The lowest BCUT2D eigenvalue weighted by molar-refractivity contribution is 0.0939. The van der Waals surface area contributed by atoms with Gasteiger partial charge in [0.25, 0.3) is 0 Å². The molecule has 0 radical (unpaired) electrons. The average molecular weight is 328 g/mol. The van der Waals surface area contributed by atoms with Gasteiger partial charge in [0.1, 0.15) is 11.5 Å². The van der Waals surface area contributed by atoms with Crippen molar-refractivity contribution in [3.8, 4) is 11.5 Å². The van der Waals surface area contributed by atoms with Crippen LogP contribution in [0.1, 0.15) is 29.3 Å². The minimum Gasteiger partial charge on any atom is -0.497 e. The van der Waals surface area contributed by atoms with E-state index in [1.807, 2.05) is 31.2 Å². The summed E-state index contributed by atoms with van der Waals surface area (Å²) in [6.45, 7) is 2.59. The van der Waals surface area contributed by atoms with E-state index in [-0.39, 0.29) is 11.8 Å². The van der Waals surface area contributed by atoms with Gasteiger partial charge in [-0.2, -0.15) is 0 Å². The van der Waals surface area contributed by atoms with Crippen molar-refractivity contribution in [3.05, 3.63) is 53.6 Å². The third kappa shape index (κ3) is 4.26. The molecule has 3 N–H and O–H groups in total. The number of rotatable bonds is 8. The van der Waals surface area contributed by atoms with Crippen LogP contribution in [0.2, 0.25) is 0 Å². The van der Waals surface area contributed by atoms with Crippen LogP contribution >= 0.6 is 0 Å². The van der Waals surface area contributed by atoms with Gasteiger partial charge in [0.15, 0.2) is 5.78 Å². The van der Waals surface area contributed by atoms with Gasteiger partial charge in [0.2, 0.25) is 0 Å². The molecule has 0 aliphatic heterocycles. The molecule has 0 fully saturated rings. The van der Waals surface area contributed by atoms with Crippen LogP contribution in [-0.4, -0.2) is 26.0 Å². The van der Waals surface area contributed by atoms with Crippen LogP contribution < -0.4 is 20.5 Å². The van der Waals surface area contributed by atoms with E-state index in [4.69, 9.17) is 15.2 Å². The van der Waals surface area contributed by atoms with E-state index in [0.717, 1.165) is 11.3 Å². The number of ether oxygens (including phenoxy) is 2. The van der Waals surface area contributed by atoms with Gasteiger partial charge < -0.3 is 20.5 Å². The molecule has 1 atom stereocenters. The zero-order chi connectivity index (χ0) is 17.5. The molecule has 2 aromatic rings. The van der Waals surface area contributed by atoms with Gasteiger partial charge in [0.05, 0.1) is 25.9 Å². The van der Waals surface area contributed by atoms with Crippen molar-refractivity contribution in [1.82, 2.24) is 5.32 Å². The molecule has 5 heteroatoms. The Labute approximate surface area is 142 Å². The van der Waals surface area contributed by atoms with Gasteiger partial charge in [0, 0.05) is 12.1 Å². The summed E-state index contributed by atoms with van der Waals surface area (Å²) >= 11 is 0. The van der Waals surface area contributed by atoms with Crippen LogP contribution in [0.4, 0.5) is 5.69 Å². The lowest BCUT2D eigenvalue weighted by atomic mass is 10.0. The summed E-state index contributed by atoms with van der Waals surface area (Å²) in [6, 6.07) is 12.6. The number of carbonyl (C=O) groups is 1. The van der Waals surface area contributed by atoms with E-state index in [1.54, 1.807) is 32.4 Å². The highest BCUT2D eigenvalue weighted by Crippen LogP contribution is 2.23. The highest BCUT2D eigenvalue weighted by atomic mass is 16.5. The van der Waals surface area contributed by atoms with Gasteiger partial charge >= 0.3 is 0 Å². The van der Waals surface area contributed by atoms with Crippen LogP contribution in [0.15, 0.2) is 42.5 Å². The summed E-state index contributed by atoms with van der Waals surface area (Å²) < 4.78 is 10.3. The maximum Gasteiger partial charge on any atom is 0.179 e. The quantitative estimate of drug-likeness (QED) is 0.575. The first kappa shape index (κ1) is 17.8. The number of Topliss-reactive ketones (excluding diaryl/α,β-unsaturated/α-hetero) is 1. The van der Waals surface area contributed by atoms with E-state index in [2.05, 4.69) is 5.32 Å². The summed E-state index contributed by atoms with van der Waals surface area (Å²) in [4.78, 5) is 12.7. The van der Waals surface area contributed by atoms with Crippen LogP contribution in [0, 0.1) is 0 Å². The molecule has 128 valence electrons. The molecule has 2 aromatic carbocycles. The minimum atomic E-state index is -0.264. The number of ketones is 1. The largest absolute Gasteiger partial charge is 0.497 e. The zero-order valence-electron chi connectivity index (χ0n) is 14.3. The van der Waals surface area contributed by atoms with E-state index in [0.29, 0.717) is 30.0 Å². The highest BCUT2D eigenvalue weighted by Gasteiger charge is 2.18. The van der Waals surface area contributed by atoms with Crippen LogP contribution in [0.5, 0.6) is 11.5 Å². The number of benzene rings is 2. The Morgan fingerprint density at radius 3 is 2.38 bits per heavy atom. The molecule has 0 heterocycles. The molecule has 0 bridgehead atoms. The third-order valence-corrected chi connectivity index (χ3v) is 3.95. The number of hydrogen-bond donors (Lipinski definition) is 2. The lowest BCUT2D eigenvalue weighted by Gasteiger charge is -2.17. The van der Waals surface area contributed by atoms with E-state index in [9.17, 15) is 4.79 Å². The van der Waals surface area contributed by atoms with Gasteiger partial charge in [-0.15, -0.1) is 0 Å². The van der Waals surface area contributed by atoms with Crippen molar-refractivity contribution in [2.45, 2.75) is 25.9 Å². The summed E-state index contributed by atoms with van der Waals surface area (Å²) in [5.74, 6) is 1.42. The molecule has 0 spiro atoms. The topological polar surface area (TPSA) is 73.6 Å². The van der Waals surface area contributed by atoms with E-state index < -0.39 is 0 Å². The predicted molar refractivity (Wildman–Crippen MR) is 95.6 cm³/mol. The van der Waals surface area contributed by atoms with Gasteiger partial charge in [-0.05, 0) is 42.3 Å². The molecule has 0 aliphatic rings. The third-order valence-electron chi connectivity index (χ3n) is 3.95. The van der Waals surface area contributed by atoms with Crippen molar-refractivity contribution < 1.29 is 14.3 Å². The normalized spacial score (nSPS) is 11.8. The number of anilines is 1. The second-order valence-corrected chi connectivity index (χ2v) is 5.51. The van der Waals surface area contributed by atoms with Crippen molar-refractivity contribution in [2.24, 2.45) is 0 Å². The molecule has 0 amide bonds. The fourth-order valence-corrected chi connectivity index (χ4v) is 2.50. The fourth-order valence-electron chi connectivity index (χ4n) is 2.50. The lowest BCUT2D eigenvalue weighted by Crippen LogP contribution is -2.35. The fraction of sp³-hybridized carbons (Fsp3) is 0.316. The summed E-state index contributed by atoms with van der Waals surface area (Å²) in [5.41, 5.74) is 8.04. The Morgan fingerprint density at radius 2 is 1.83 bits per heavy atom. The monoisotopic (exact) mass is 328 g/mol. The maximum atomic E-state index is 12.7. The first-order valence-electron chi connectivity index (χ1n) is 7.93. The summed E-state index contributed by atoms with van der Waals surface area (Å²) in [7, 11) is 3.19. The number of nitrogens with two attached hydrogens (primary N) is 1. The number of nitrogens with one attached hydrogen (secondary N) is 1. The van der Waals surface area contributed by atoms with Crippen molar-refractivity contribution in [3.63, 3.8) is 0 Å². The second kappa shape index (κ2) is 8.36. The molecule has 0 aromatic heterocycles. The van der Waals surface area contributed by atoms with E-state index in [1.165, 1.54) is 0 Å². The van der Waals surface area contributed by atoms with Crippen molar-refractivity contribution in [1.29, 1.82) is 0 Å². The van der Waals surface area contributed by atoms with Crippen LogP contribution in [-0.2, 0) is 6.54 Å². The Morgan fingerprint density at radius 1 is 1.12 bits per heavy atom. The first-order valence-corrected chi connectivity index (χ1v) is 7.93. The average Bonchev–Trinajstić information content (AvgIpc) is 2.62. The zero-order valence-corrected chi connectivity index (χ0v) is 14.3. The first-order chi connectivity index (χ1) is 11.6.